The molecule has 3 nitrogen and oxygen atoms in total. The Bertz CT molecular complexity index is 385. The standard InChI is InChI=1S/C14H21NO2S/c1-4-13(14(16)17-3)5-7-15-11(2)9-12-6-8-18-10-12/h5-6,8,10-11,15H,4,7,9H2,1-3H3/b13-5-. The number of hydrogen-bond donors (Lipinski definition) is 1. The number of carbonyl (C=O) groups is 1. The van der Waals surface area contributed by atoms with Crippen molar-refractivity contribution < 1.29 is 9.53 Å². The van der Waals surface area contributed by atoms with Crippen LogP contribution in [0, 0.1) is 0 Å². The number of thiophene rings is 1. The van der Waals surface area contributed by atoms with Crippen LogP contribution in [-0.4, -0.2) is 25.7 Å². The van der Waals surface area contributed by atoms with E-state index in [0.717, 1.165) is 12.0 Å². The van der Waals surface area contributed by atoms with E-state index in [0.29, 0.717) is 19.0 Å². The van der Waals surface area contributed by atoms with E-state index < -0.39 is 0 Å². The van der Waals surface area contributed by atoms with Gasteiger partial charge in [0.25, 0.3) is 0 Å². The van der Waals surface area contributed by atoms with Crippen LogP contribution < -0.4 is 5.32 Å². The summed E-state index contributed by atoms with van der Waals surface area (Å²) in [5, 5.41) is 7.64. The highest BCUT2D eigenvalue weighted by Crippen LogP contribution is 2.08. The van der Waals surface area contributed by atoms with Crippen molar-refractivity contribution in [3.63, 3.8) is 0 Å². The lowest BCUT2D eigenvalue weighted by Crippen LogP contribution is -2.28. The first-order valence-electron chi connectivity index (χ1n) is 6.19. The molecular formula is C14H21NO2S. The number of rotatable bonds is 7. The minimum Gasteiger partial charge on any atom is -0.466 e. The van der Waals surface area contributed by atoms with Crippen molar-refractivity contribution >= 4 is 17.3 Å². The zero-order valence-electron chi connectivity index (χ0n) is 11.2. The normalized spacial score (nSPS) is 13.4. The van der Waals surface area contributed by atoms with Gasteiger partial charge >= 0.3 is 5.97 Å². The highest BCUT2D eigenvalue weighted by Gasteiger charge is 2.07. The van der Waals surface area contributed by atoms with Crippen LogP contribution in [0.3, 0.4) is 0 Å². The first kappa shape index (κ1) is 14.9. The lowest BCUT2D eigenvalue weighted by molar-refractivity contribution is -0.136. The summed E-state index contributed by atoms with van der Waals surface area (Å²) in [6, 6.07) is 2.54. The number of carbonyl (C=O) groups excluding carboxylic acids is 1. The Morgan fingerprint density at radius 3 is 2.94 bits per heavy atom. The van der Waals surface area contributed by atoms with Gasteiger partial charge < -0.3 is 10.1 Å². The summed E-state index contributed by atoms with van der Waals surface area (Å²) in [6.45, 7) is 4.80. The first-order valence-corrected chi connectivity index (χ1v) is 7.13. The van der Waals surface area contributed by atoms with Gasteiger partial charge in [0, 0.05) is 18.2 Å². The van der Waals surface area contributed by atoms with Gasteiger partial charge in [-0.1, -0.05) is 13.0 Å². The number of esters is 1. The Kier molecular flexibility index (Phi) is 6.68. The van der Waals surface area contributed by atoms with E-state index in [-0.39, 0.29) is 5.97 Å². The maximum Gasteiger partial charge on any atom is 0.333 e. The average molecular weight is 267 g/mol. The lowest BCUT2D eigenvalue weighted by Gasteiger charge is -2.11. The van der Waals surface area contributed by atoms with E-state index in [1.54, 1.807) is 11.3 Å². The Balaban J connectivity index is 2.35. The molecule has 1 unspecified atom stereocenters. The maximum absolute atomic E-state index is 11.4. The van der Waals surface area contributed by atoms with E-state index in [1.807, 2.05) is 13.0 Å². The molecule has 1 aromatic heterocycles. The molecule has 0 saturated carbocycles. The van der Waals surface area contributed by atoms with Crippen LogP contribution in [0.4, 0.5) is 0 Å². The van der Waals surface area contributed by atoms with Crippen LogP contribution in [0.2, 0.25) is 0 Å². The zero-order valence-corrected chi connectivity index (χ0v) is 12.0. The topological polar surface area (TPSA) is 38.3 Å². The Labute approximate surface area is 113 Å². The quantitative estimate of drug-likeness (QED) is 0.610. The van der Waals surface area contributed by atoms with Crippen molar-refractivity contribution in [1.29, 1.82) is 0 Å². The molecule has 0 amide bonds. The first-order chi connectivity index (χ1) is 8.67. The van der Waals surface area contributed by atoms with Gasteiger partial charge in [0.2, 0.25) is 0 Å². The van der Waals surface area contributed by atoms with Crippen molar-refractivity contribution in [2.75, 3.05) is 13.7 Å². The second-order valence-corrected chi connectivity index (χ2v) is 5.00. The molecule has 1 aromatic rings. The minimum absolute atomic E-state index is 0.232. The van der Waals surface area contributed by atoms with Gasteiger partial charge in [0.05, 0.1) is 7.11 Å². The van der Waals surface area contributed by atoms with Gasteiger partial charge in [-0.05, 0) is 42.2 Å². The Morgan fingerprint density at radius 2 is 2.39 bits per heavy atom. The fourth-order valence-electron chi connectivity index (χ4n) is 1.72. The van der Waals surface area contributed by atoms with Crippen molar-refractivity contribution in [2.24, 2.45) is 0 Å². The van der Waals surface area contributed by atoms with Gasteiger partial charge in [-0.2, -0.15) is 11.3 Å². The Hall–Kier alpha value is -1.13. The van der Waals surface area contributed by atoms with Crippen LogP contribution in [-0.2, 0) is 16.0 Å². The summed E-state index contributed by atoms with van der Waals surface area (Å²) < 4.78 is 4.71. The molecule has 0 saturated heterocycles. The third-order valence-electron chi connectivity index (χ3n) is 2.77. The van der Waals surface area contributed by atoms with Gasteiger partial charge in [0.15, 0.2) is 0 Å². The van der Waals surface area contributed by atoms with Crippen molar-refractivity contribution in [3.8, 4) is 0 Å². The van der Waals surface area contributed by atoms with Crippen LogP contribution in [0.1, 0.15) is 25.8 Å². The lowest BCUT2D eigenvalue weighted by atomic mass is 10.1. The van der Waals surface area contributed by atoms with Crippen molar-refractivity contribution in [2.45, 2.75) is 32.7 Å². The number of ether oxygens (including phenoxy) is 1. The molecule has 1 atom stereocenters. The summed E-state index contributed by atoms with van der Waals surface area (Å²) in [7, 11) is 1.42. The van der Waals surface area contributed by atoms with Gasteiger partial charge in [-0.3, -0.25) is 0 Å². The van der Waals surface area contributed by atoms with Gasteiger partial charge in [0.1, 0.15) is 0 Å². The second-order valence-electron chi connectivity index (χ2n) is 4.22. The van der Waals surface area contributed by atoms with Crippen LogP contribution in [0.15, 0.2) is 28.5 Å². The Morgan fingerprint density at radius 1 is 1.61 bits per heavy atom. The summed E-state index contributed by atoms with van der Waals surface area (Å²) in [6.07, 6.45) is 3.63. The molecule has 1 heterocycles. The third-order valence-corrected chi connectivity index (χ3v) is 3.50. The molecule has 0 aliphatic carbocycles. The van der Waals surface area contributed by atoms with Crippen molar-refractivity contribution in [1.82, 2.24) is 5.32 Å². The fourth-order valence-corrected chi connectivity index (χ4v) is 2.40. The van der Waals surface area contributed by atoms with E-state index in [2.05, 4.69) is 29.1 Å². The van der Waals surface area contributed by atoms with Crippen LogP contribution in [0.25, 0.3) is 0 Å². The molecule has 1 rings (SSSR count). The van der Waals surface area contributed by atoms with E-state index in [1.165, 1.54) is 12.7 Å². The van der Waals surface area contributed by atoms with E-state index >= 15 is 0 Å². The van der Waals surface area contributed by atoms with Gasteiger partial charge in [-0.15, -0.1) is 0 Å². The molecule has 0 aliphatic heterocycles. The predicted molar refractivity (Wildman–Crippen MR) is 75.9 cm³/mol. The summed E-state index contributed by atoms with van der Waals surface area (Å²) in [5.74, 6) is -0.232. The predicted octanol–water partition coefficient (Wildman–Crippen LogP) is 2.78. The molecule has 0 aliphatic rings. The average Bonchev–Trinajstić information content (AvgIpc) is 2.86. The molecule has 0 radical (unpaired) electrons. The summed E-state index contributed by atoms with van der Waals surface area (Å²) in [5.41, 5.74) is 2.08. The third kappa shape index (κ3) is 5.02. The number of hydrogen-bond acceptors (Lipinski definition) is 4. The fraction of sp³-hybridized carbons (Fsp3) is 0.500. The SMILES string of the molecule is CC/C(=C/CNC(C)Cc1ccsc1)C(=O)OC. The van der Waals surface area contributed by atoms with E-state index in [4.69, 9.17) is 4.74 Å². The molecule has 100 valence electrons. The summed E-state index contributed by atoms with van der Waals surface area (Å²) >= 11 is 1.72. The van der Waals surface area contributed by atoms with E-state index in [9.17, 15) is 4.79 Å². The van der Waals surface area contributed by atoms with Crippen LogP contribution >= 0.6 is 11.3 Å². The molecule has 1 N–H and O–H groups in total. The minimum atomic E-state index is -0.232. The molecule has 0 fully saturated rings. The molecular weight excluding hydrogens is 246 g/mol. The maximum atomic E-state index is 11.4. The molecule has 4 heteroatoms. The second kappa shape index (κ2) is 8.06. The smallest absolute Gasteiger partial charge is 0.333 e. The molecule has 0 bridgehead atoms. The zero-order chi connectivity index (χ0) is 13.4. The molecule has 0 aromatic carbocycles. The number of nitrogens with one attached hydrogen (secondary N) is 1. The van der Waals surface area contributed by atoms with Gasteiger partial charge in [-0.25, -0.2) is 4.79 Å². The molecule has 18 heavy (non-hydrogen) atoms. The highest BCUT2D eigenvalue weighted by molar-refractivity contribution is 7.07. The van der Waals surface area contributed by atoms with Crippen LogP contribution in [0.5, 0.6) is 0 Å². The largest absolute Gasteiger partial charge is 0.466 e. The monoisotopic (exact) mass is 267 g/mol. The number of methoxy groups -OCH3 is 1. The van der Waals surface area contributed by atoms with Crippen molar-refractivity contribution in [3.05, 3.63) is 34.0 Å². The summed E-state index contributed by atoms with van der Waals surface area (Å²) in [4.78, 5) is 11.4. The molecule has 0 spiro atoms. The highest BCUT2D eigenvalue weighted by atomic mass is 32.1.